The maximum Gasteiger partial charge on any atom is 0.226 e. The van der Waals surface area contributed by atoms with Crippen LogP contribution in [0.25, 0.3) is 0 Å². The van der Waals surface area contributed by atoms with Crippen molar-refractivity contribution in [3.05, 3.63) is 24.3 Å². The molecule has 4 heteroatoms. The molecular formula is C15H24N2OS. The van der Waals surface area contributed by atoms with E-state index in [9.17, 15) is 4.79 Å². The Bertz CT molecular complexity index is 393. The Morgan fingerprint density at radius 1 is 1.26 bits per heavy atom. The minimum atomic E-state index is 0.00293. The summed E-state index contributed by atoms with van der Waals surface area (Å²) in [7, 11) is 0. The summed E-state index contributed by atoms with van der Waals surface area (Å²) in [4.78, 5) is 11.6. The summed E-state index contributed by atoms with van der Waals surface area (Å²) in [5, 5.41) is 6.30. The summed E-state index contributed by atoms with van der Waals surface area (Å²) >= 11 is 1.88. The lowest BCUT2D eigenvalue weighted by Gasteiger charge is -2.10. The molecule has 1 aromatic carbocycles. The highest BCUT2D eigenvalue weighted by molar-refractivity contribution is 7.98. The molecule has 0 aliphatic rings. The number of hydrogen-bond donors (Lipinski definition) is 2. The normalized spacial score (nSPS) is 10.5. The van der Waals surface area contributed by atoms with Crippen LogP contribution in [0.3, 0.4) is 0 Å². The van der Waals surface area contributed by atoms with Gasteiger partial charge in [-0.1, -0.05) is 19.9 Å². The van der Waals surface area contributed by atoms with Crippen LogP contribution in [0.5, 0.6) is 0 Å². The van der Waals surface area contributed by atoms with Crippen molar-refractivity contribution in [3.8, 4) is 0 Å². The highest BCUT2D eigenvalue weighted by atomic mass is 32.2. The predicted octanol–water partition coefficient (Wildman–Crippen LogP) is 3.84. The van der Waals surface area contributed by atoms with Gasteiger partial charge < -0.3 is 10.6 Å². The Morgan fingerprint density at radius 3 is 2.68 bits per heavy atom. The van der Waals surface area contributed by atoms with Crippen LogP contribution >= 0.6 is 11.8 Å². The fourth-order valence-electron chi connectivity index (χ4n) is 1.60. The molecule has 2 N–H and O–H groups in total. The fourth-order valence-corrected chi connectivity index (χ4v) is 2.09. The molecule has 1 aromatic rings. The number of carbonyl (C=O) groups is 1. The van der Waals surface area contributed by atoms with Crippen molar-refractivity contribution < 1.29 is 4.79 Å². The summed E-state index contributed by atoms with van der Waals surface area (Å²) in [6.07, 6.45) is 4.54. The fraction of sp³-hybridized carbons (Fsp3) is 0.533. The van der Waals surface area contributed by atoms with Gasteiger partial charge in [0.15, 0.2) is 0 Å². The van der Waals surface area contributed by atoms with Crippen molar-refractivity contribution in [1.29, 1.82) is 0 Å². The topological polar surface area (TPSA) is 41.1 Å². The van der Waals surface area contributed by atoms with E-state index in [4.69, 9.17) is 0 Å². The lowest BCUT2D eigenvalue weighted by atomic mass is 10.2. The van der Waals surface area contributed by atoms with Gasteiger partial charge in [0.1, 0.15) is 0 Å². The number of rotatable bonds is 8. The van der Waals surface area contributed by atoms with E-state index in [1.54, 1.807) is 0 Å². The van der Waals surface area contributed by atoms with Gasteiger partial charge in [0.2, 0.25) is 5.91 Å². The first-order valence-corrected chi connectivity index (χ1v) is 8.16. The average molecular weight is 280 g/mol. The van der Waals surface area contributed by atoms with Crippen molar-refractivity contribution in [2.45, 2.75) is 26.7 Å². The Hall–Kier alpha value is -1.16. The highest BCUT2D eigenvalue weighted by Crippen LogP contribution is 2.16. The minimum absolute atomic E-state index is 0.00293. The lowest BCUT2D eigenvalue weighted by molar-refractivity contribution is -0.118. The Labute approximate surface area is 120 Å². The molecule has 0 bridgehead atoms. The molecule has 3 nitrogen and oxygen atoms in total. The number of benzene rings is 1. The monoisotopic (exact) mass is 280 g/mol. The van der Waals surface area contributed by atoms with Crippen LogP contribution in [0, 0.1) is 5.92 Å². The molecule has 0 aliphatic heterocycles. The van der Waals surface area contributed by atoms with Gasteiger partial charge in [0.05, 0.1) is 0 Å². The van der Waals surface area contributed by atoms with Gasteiger partial charge in [-0.15, -0.1) is 0 Å². The van der Waals surface area contributed by atoms with Gasteiger partial charge >= 0.3 is 0 Å². The first-order chi connectivity index (χ1) is 9.13. The molecule has 0 saturated heterocycles. The first-order valence-electron chi connectivity index (χ1n) is 6.77. The van der Waals surface area contributed by atoms with Crippen LogP contribution in [0.1, 0.15) is 26.7 Å². The van der Waals surface area contributed by atoms with Crippen molar-refractivity contribution in [1.82, 2.24) is 0 Å². The molecule has 19 heavy (non-hydrogen) atoms. The van der Waals surface area contributed by atoms with Crippen LogP contribution in [0.4, 0.5) is 11.4 Å². The summed E-state index contributed by atoms with van der Waals surface area (Å²) < 4.78 is 0. The van der Waals surface area contributed by atoms with Crippen LogP contribution < -0.4 is 10.6 Å². The average Bonchev–Trinajstić information content (AvgIpc) is 2.39. The Kier molecular flexibility index (Phi) is 7.41. The van der Waals surface area contributed by atoms with E-state index >= 15 is 0 Å². The molecule has 1 amide bonds. The Balaban J connectivity index is 2.41. The zero-order chi connectivity index (χ0) is 14.1. The molecule has 0 unspecified atom stereocenters. The SMILES string of the molecule is CSCCCCNc1cccc(NC(=O)C(C)C)c1. The summed E-state index contributed by atoms with van der Waals surface area (Å²) in [6, 6.07) is 7.88. The zero-order valence-corrected chi connectivity index (χ0v) is 12.8. The van der Waals surface area contributed by atoms with Crippen LogP contribution in [-0.2, 0) is 4.79 Å². The smallest absolute Gasteiger partial charge is 0.226 e. The second-order valence-electron chi connectivity index (χ2n) is 4.85. The predicted molar refractivity (Wildman–Crippen MR) is 86.0 cm³/mol. The van der Waals surface area contributed by atoms with Gasteiger partial charge in [-0.3, -0.25) is 4.79 Å². The number of thioether (sulfide) groups is 1. The summed E-state index contributed by atoms with van der Waals surface area (Å²) in [6.45, 7) is 4.76. The molecule has 106 valence electrons. The lowest BCUT2D eigenvalue weighted by Crippen LogP contribution is -2.17. The molecule has 0 aliphatic carbocycles. The number of amides is 1. The van der Waals surface area contributed by atoms with Gasteiger partial charge in [0, 0.05) is 23.8 Å². The number of anilines is 2. The van der Waals surface area contributed by atoms with E-state index in [1.165, 1.54) is 18.6 Å². The number of nitrogens with one attached hydrogen (secondary N) is 2. The van der Waals surface area contributed by atoms with Crippen LogP contribution in [-0.4, -0.2) is 24.5 Å². The van der Waals surface area contributed by atoms with Crippen LogP contribution in [0.2, 0.25) is 0 Å². The summed E-state index contributed by atoms with van der Waals surface area (Å²) in [5.74, 6) is 1.27. The largest absolute Gasteiger partial charge is 0.385 e. The van der Waals surface area contributed by atoms with E-state index in [-0.39, 0.29) is 11.8 Å². The molecule has 0 aromatic heterocycles. The maximum atomic E-state index is 11.6. The van der Waals surface area contributed by atoms with Crippen molar-refractivity contribution in [2.24, 2.45) is 5.92 Å². The molecule has 0 fully saturated rings. The van der Waals surface area contributed by atoms with Gasteiger partial charge in [-0.25, -0.2) is 0 Å². The minimum Gasteiger partial charge on any atom is -0.385 e. The van der Waals surface area contributed by atoms with E-state index in [0.717, 1.165) is 17.9 Å². The molecule has 0 radical (unpaired) electrons. The van der Waals surface area contributed by atoms with Crippen LogP contribution in [0.15, 0.2) is 24.3 Å². The number of hydrogen-bond acceptors (Lipinski definition) is 3. The van der Waals surface area contributed by atoms with E-state index < -0.39 is 0 Å². The van der Waals surface area contributed by atoms with E-state index in [2.05, 4.69) is 16.9 Å². The van der Waals surface area contributed by atoms with Crippen molar-refractivity contribution in [2.75, 3.05) is 29.2 Å². The molecular weight excluding hydrogens is 256 g/mol. The molecule has 0 saturated carbocycles. The van der Waals surface area contributed by atoms with E-state index in [0.29, 0.717) is 0 Å². The second kappa shape index (κ2) is 8.86. The third-order valence-electron chi connectivity index (χ3n) is 2.76. The molecule has 0 spiro atoms. The standard InChI is InChI=1S/C15H24N2OS/c1-12(2)15(18)17-14-8-6-7-13(11-14)16-9-4-5-10-19-3/h6-8,11-12,16H,4-5,9-10H2,1-3H3,(H,17,18). The highest BCUT2D eigenvalue weighted by Gasteiger charge is 2.06. The third-order valence-corrected chi connectivity index (χ3v) is 3.46. The number of unbranched alkanes of at least 4 members (excludes halogenated alkanes) is 1. The Morgan fingerprint density at radius 2 is 2.00 bits per heavy atom. The summed E-state index contributed by atoms with van der Waals surface area (Å²) in [5.41, 5.74) is 1.92. The quantitative estimate of drug-likeness (QED) is 0.711. The third kappa shape index (κ3) is 6.53. The maximum absolute atomic E-state index is 11.6. The zero-order valence-electron chi connectivity index (χ0n) is 12.0. The van der Waals surface area contributed by atoms with Gasteiger partial charge in [-0.05, 0) is 43.0 Å². The van der Waals surface area contributed by atoms with E-state index in [1.807, 2.05) is 49.9 Å². The molecule has 1 rings (SSSR count). The van der Waals surface area contributed by atoms with Gasteiger partial charge in [-0.2, -0.15) is 11.8 Å². The first kappa shape index (κ1) is 15.9. The second-order valence-corrected chi connectivity index (χ2v) is 5.84. The molecule has 0 atom stereocenters. The van der Waals surface area contributed by atoms with Crippen molar-refractivity contribution >= 4 is 29.0 Å². The molecule has 0 heterocycles. The van der Waals surface area contributed by atoms with Gasteiger partial charge in [0.25, 0.3) is 0 Å². The number of carbonyl (C=O) groups excluding carboxylic acids is 1. The van der Waals surface area contributed by atoms with Crippen molar-refractivity contribution in [3.63, 3.8) is 0 Å².